The SMILES string of the molecule is COc1ccc(CN2C[C@H](OCc3ccncc3)CN(C(=O)CCn3nc(C)cc3C)CC2=O)cc1. The lowest BCUT2D eigenvalue weighted by atomic mass is 10.2. The first-order valence-electron chi connectivity index (χ1n) is 12.1. The van der Waals surface area contributed by atoms with E-state index in [0.29, 0.717) is 32.8 Å². The molecule has 0 spiro atoms. The van der Waals surface area contributed by atoms with Crippen LogP contribution in [0.3, 0.4) is 0 Å². The van der Waals surface area contributed by atoms with Gasteiger partial charge in [-0.05, 0) is 55.3 Å². The van der Waals surface area contributed by atoms with Gasteiger partial charge in [0.25, 0.3) is 0 Å². The smallest absolute Gasteiger partial charge is 0.242 e. The molecule has 9 heteroatoms. The van der Waals surface area contributed by atoms with E-state index in [1.54, 1.807) is 29.3 Å². The third kappa shape index (κ3) is 6.69. The summed E-state index contributed by atoms with van der Waals surface area (Å²) in [6, 6.07) is 13.4. The fourth-order valence-electron chi connectivity index (χ4n) is 4.33. The zero-order chi connectivity index (χ0) is 25.5. The second kappa shape index (κ2) is 11.8. The number of aryl methyl sites for hydroxylation is 3. The van der Waals surface area contributed by atoms with Gasteiger partial charge in [0, 0.05) is 50.7 Å². The van der Waals surface area contributed by atoms with Gasteiger partial charge < -0.3 is 19.3 Å². The first kappa shape index (κ1) is 25.4. The highest BCUT2D eigenvalue weighted by Crippen LogP contribution is 2.17. The van der Waals surface area contributed by atoms with Gasteiger partial charge in [-0.25, -0.2) is 0 Å². The van der Waals surface area contributed by atoms with Crippen LogP contribution >= 0.6 is 0 Å². The van der Waals surface area contributed by atoms with Gasteiger partial charge in [-0.15, -0.1) is 0 Å². The average molecular weight is 492 g/mol. The standard InChI is InChI=1S/C27H33N5O4/c1-20-14-21(2)32(29-20)13-10-26(33)31-17-25(36-19-23-8-11-28-12-9-23)16-30(27(34)18-31)15-22-4-6-24(35-3)7-5-22/h4-9,11-12,14,25H,10,13,15-19H2,1-3H3/t25-/m0/s1. The van der Waals surface area contributed by atoms with E-state index in [2.05, 4.69) is 10.1 Å². The minimum atomic E-state index is -0.319. The summed E-state index contributed by atoms with van der Waals surface area (Å²) in [5.41, 5.74) is 3.91. The number of ether oxygens (including phenoxy) is 2. The summed E-state index contributed by atoms with van der Waals surface area (Å²) in [7, 11) is 1.62. The number of rotatable bonds is 9. The number of carbonyl (C=O) groups is 2. The molecule has 3 heterocycles. The summed E-state index contributed by atoms with van der Waals surface area (Å²) in [5.74, 6) is 0.582. The van der Waals surface area contributed by atoms with Crippen LogP contribution in [-0.2, 0) is 34.0 Å². The average Bonchev–Trinajstić information content (AvgIpc) is 3.12. The van der Waals surface area contributed by atoms with E-state index in [4.69, 9.17) is 9.47 Å². The lowest BCUT2D eigenvalue weighted by Crippen LogP contribution is -2.40. The van der Waals surface area contributed by atoms with Crippen molar-refractivity contribution in [1.82, 2.24) is 24.6 Å². The number of benzene rings is 1. The number of amides is 2. The molecule has 4 rings (SSSR count). The largest absolute Gasteiger partial charge is 0.497 e. The molecule has 36 heavy (non-hydrogen) atoms. The predicted octanol–water partition coefficient (Wildman–Crippen LogP) is 2.75. The summed E-state index contributed by atoms with van der Waals surface area (Å²) in [6.45, 7) is 5.98. The summed E-state index contributed by atoms with van der Waals surface area (Å²) in [5, 5.41) is 4.44. The number of methoxy groups -OCH3 is 1. The Morgan fingerprint density at radius 1 is 1.06 bits per heavy atom. The van der Waals surface area contributed by atoms with Crippen LogP contribution in [0.15, 0.2) is 54.9 Å². The number of carbonyl (C=O) groups excluding carboxylic acids is 2. The van der Waals surface area contributed by atoms with Crippen LogP contribution in [0.2, 0.25) is 0 Å². The van der Waals surface area contributed by atoms with Gasteiger partial charge in [0.1, 0.15) is 5.75 Å². The maximum Gasteiger partial charge on any atom is 0.242 e. The summed E-state index contributed by atoms with van der Waals surface area (Å²) >= 11 is 0. The Bertz CT molecular complexity index is 1160. The number of pyridine rings is 1. The van der Waals surface area contributed by atoms with Gasteiger partial charge in [0.05, 0.1) is 32.1 Å². The third-order valence-electron chi connectivity index (χ3n) is 6.29. The normalized spacial score (nSPS) is 16.2. The Hall–Kier alpha value is -3.72. The molecule has 0 aliphatic carbocycles. The molecule has 9 nitrogen and oxygen atoms in total. The van der Waals surface area contributed by atoms with Crippen molar-refractivity contribution in [1.29, 1.82) is 0 Å². The van der Waals surface area contributed by atoms with Crippen molar-refractivity contribution in [2.45, 2.75) is 46.1 Å². The first-order valence-corrected chi connectivity index (χ1v) is 12.1. The Balaban J connectivity index is 1.46. The zero-order valence-corrected chi connectivity index (χ0v) is 21.1. The molecule has 190 valence electrons. The lowest BCUT2D eigenvalue weighted by Gasteiger charge is -2.25. The molecular formula is C27H33N5O4. The summed E-state index contributed by atoms with van der Waals surface area (Å²) in [6.07, 6.45) is 3.39. The molecule has 1 saturated heterocycles. The molecule has 1 aromatic carbocycles. The van der Waals surface area contributed by atoms with Gasteiger partial charge >= 0.3 is 0 Å². The van der Waals surface area contributed by atoms with Crippen LogP contribution in [0.5, 0.6) is 5.75 Å². The maximum absolute atomic E-state index is 13.2. The number of aromatic nitrogens is 3. The van der Waals surface area contributed by atoms with Crippen LogP contribution in [0.1, 0.15) is 28.9 Å². The van der Waals surface area contributed by atoms with Crippen molar-refractivity contribution in [2.75, 3.05) is 26.7 Å². The molecule has 1 atom stereocenters. The summed E-state index contributed by atoms with van der Waals surface area (Å²) < 4.78 is 13.3. The number of nitrogens with zero attached hydrogens (tertiary/aromatic N) is 5. The molecule has 0 radical (unpaired) electrons. The van der Waals surface area contributed by atoms with Crippen molar-refractivity contribution < 1.29 is 19.1 Å². The van der Waals surface area contributed by atoms with E-state index in [1.807, 2.05) is 61.0 Å². The molecule has 2 amide bonds. The minimum Gasteiger partial charge on any atom is -0.497 e. The van der Waals surface area contributed by atoms with Gasteiger partial charge in [-0.3, -0.25) is 19.3 Å². The van der Waals surface area contributed by atoms with Crippen molar-refractivity contribution in [3.05, 3.63) is 77.4 Å². The summed E-state index contributed by atoms with van der Waals surface area (Å²) in [4.78, 5) is 33.9. The maximum atomic E-state index is 13.2. The lowest BCUT2D eigenvalue weighted by molar-refractivity contribution is -0.139. The minimum absolute atomic E-state index is 0.0290. The molecule has 0 unspecified atom stereocenters. The Morgan fingerprint density at radius 3 is 2.47 bits per heavy atom. The highest BCUT2D eigenvalue weighted by Gasteiger charge is 2.31. The first-order chi connectivity index (χ1) is 17.4. The molecule has 1 aliphatic rings. The molecule has 2 aromatic heterocycles. The van der Waals surface area contributed by atoms with Crippen molar-refractivity contribution in [2.24, 2.45) is 0 Å². The topological polar surface area (TPSA) is 89.8 Å². The van der Waals surface area contributed by atoms with Crippen molar-refractivity contribution >= 4 is 11.8 Å². The second-order valence-corrected chi connectivity index (χ2v) is 9.09. The Morgan fingerprint density at radius 2 is 1.81 bits per heavy atom. The van der Waals surface area contributed by atoms with Crippen LogP contribution in [0.25, 0.3) is 0 Å². The molecule has 3 aromatic rings. The predicted molar refractivity (Wildman–Crippen MR) is 134 cm³/mol. The second-order valence-electron chi connectivity index (χ2n) is 9.09. The molecule has 1 aliphatic heterocycles. The van der Waals surface area contributed by atoms with Gasteiger partial charge in [-0.1, -0.05) is 12.1 Å². The fourth-order valence-corrected chi connectivity index (χ4v) is 4.33. The molecule has 1 fully saturated rings. The van der Waals surface area contributed by atoms with E-state index in [9.17, 15) is 9.59 Å². The van der Waals surface area contributed by atoms with Crippen LogP contribution in [0.4, 0.5) is 0 Å². The number of hydrogen-bond acceptors (Lipinski definition) is 6. The highest BCUT2D eigenvalue weighted by atomic mass is 16.5. The zero-order valence-electron chi connectivity index (χ0n) is 21.1. The fraction of sp³-hybridized carbons (Fsp3) is 0.407. The van der Waals surface area contributed by atoms with Crippen molar-refractivity contribution in [3.63, 3.8) is 0 Å². The monoisotopic (exact) mass is 491 g/mol. The van der Waals surface area contributed by atoms with E-state index in [-0.39, 0.29) is 30.9 Å². The van der Waals surface area contributed by atoms with Crippen LogP contribution in [-0.4, -0.2) is 69.2 Å². The Labute approximate surface area is 211 Å². The van der Waals surface area contributed by atoms with Crippen LogP contribution < -0.4 is 4.74 Å². The quantitative estimate of drug-likeness (QED) is 0.457. The van der Waals surface area contributed by atoms with Crippen molar-refractivity contribution in [3.8, 4) is 5.75 Å². The van der Waals surface area contributed by atoms with E-state index < -0.39 is 0 Å². The van der Waals surface area contributed by atoms with E-state index in [0.717, 1.165) is 28.3 Å². The Kier molecular flexibility index (Phi) is 8.32. The van der Waals surface area contributed by atoms with Gasteiger partial charge in [-0.2, -0.15) is 5.10 Å². The van der Waals surface area contributed by atoms with E-state index in [1.165, 1.54) is 0 Å². The molecule has 0 bridgehead atoms. The van der Waals surface area contributed by atoms with Crippen LogP contribution in [0, 0.1) is 13.8 Å². The third-order valence-corrected chi connectivity index (χ3v) is 6.29. The van der Waals surface area contributed by atoms with E-state index >= 15 is 0 Å². The molecule has 0 N–H and O–H groups in total. The van der Waals surface area contributed by atoms with Gasteiger partial charge in [0.15, 0.2) is 0 Å². The molecule has 0 saturated carbocycles. The molecular weight excluding hydrogens is 458 g/mol. The van der Waals surface area contributed by atoms with Gasteiger partial charge in [0.2, 0.25) is 11.8 Å². The number of hydrogen-bond donors (Lipinski definition) is 0. The highest BCUT2D eigenvalue weighted by molar-refractivity contribution is 5.85.